The lowest BCUT2D eigenvalue weighted by Crippen LogP contribution is -2.16. The van der Waals surface area contributed by atoms with Gasteiger partial charge in [-0.3, -0.25) is 14.6 Å². The average molecular weight is 391 g/mol. The molecule has 0 radical (unpaired) electrons. The monoisotopic (exact) mass is 391 g/mol. The Hall–Kier alpha value is -3.32. The van der Waals surface area contributed by atoms with Crippen LogP contribution in [0.5, 0.6) is 0 Å². The number of H-pyrrole nitrogens is 1. The molecule has 0 spiro atoms. The number of ketones is 1. The molecule has 0 aliphatic rings. The molecule has 1 N–H and O–H groups in total. The topological polar surface area (TPSA) is 84.9 Å². The number of para-hydroxylation sites is 1. The van der Waals surface area contributed by atoms with Gasteiger partial charge in [-0.1, -0.05) is 24.3 Å². The van der Waals surface area contributed by atoms with E-state index in [1.807, 2.05) is 49.4 Å². The van der Waals surface area contributed by atoms with Gasteiger partial charge in [0.15, 0.2) is 6.61 Å². The number of pyridine rings is 1. The van der Waals surface area contributed by atoms with Crippen molar-refractivity contribution in [1.82, 2.24) is 15.0 Å². The van der Waals surface area contributed by atoms with Crippen molar-refractivity contribution in [3.8, 4) is 10.7 Å². The van der Waals surface area contributed by atoms with Gasteiger partial charge in [0, 0.05) is 33.7 Å². The summed E-state index contributed by atoms with van der Waals surface area (Å²) in [7, 11) is 0. The maximum absolute atomic E-state index is 12.6. The molecule has 7 heteroatoms. The van der Waals surface area contributed by atoms with Crippen molar-refractivity contribution in [2.75, 3.05) is 6.61 Å². The normalized spacial score (nSPS) is 10.9. The maximum atomic E-state index is 12.6. The number of esters is 1. The van der Waals surface area contributed by atoms with E-state index in [2.05, 4.69) is 15.0 Å². The number of aromatic amines is 1. The number of fused-ring (bicyclic) bond motifs is 1. The Morgan fingerprint density at radius 2 is 1.96 bits per heavy atom. The number of benzene rings is 1. The average Bonchev–Trinajstić information content (AvgIpc) is 3.30. The smallest absolute Gasteiger partial charge is 0.312 e. The molecule has 3 aromatic heterocycles. The van der Waals surface area contributed by atoms with Crippen molar-refractivity contribution in [2.24, 2.45) is 0 Å². The molecule has 6 nitrogen and oxygen atoms in total. The molecule has 0 saturated heterocycles. The Balaban J connectivity index is 1.39. The highest BCUT2D eigenvalue weighted by Gasteiger charge is 2.18. The first-order valence-electron chi connectivity index (χ1n) is 8.74. The van der Waals surface area contributed by atoms with Gasteiger partial charge in [-0.25, -0.2) is 4.98 Å². The molecule has 28 heavy (non-hydrogen) atoms. The minimum absolute atomic E-state index is 0.0173. The molecule has 1 aromatic carbocycles. The summed E-state index contributed by atoms with van der Waals surface area (Å²) in [4.78, 5) is 36.6. The van der Waals surface area contributed by atoms with Crippen LogP contribution in [-0.2, 0) is 16.0 Å². The molecular weight excluding hydrogens is 374 g/mol. The first-order valence-corrected chi connectivity index (χ1v) is 9.61. The summed E-state index contributed by atoms with van der Waals surface area (Å²) in [6.45, 7) is 1.54. The largest absolute Gasteiger partial charge is 0.457 e. The van der Waals surface area contributed by atoms with Gasteiger partial charge in [0.05, 0.1) is 17.8 Å². The number of hydrogen-bond donors (Lipinski definition) is 1. The highest BCUT2D eigenvalue weighted by atomic mass is 32.1. The van der Waals surface area contributed by atoms with Crippen molar-refractivity contribution in [3.05, 3.63) is 71.0 Å². The summed E-state index contributed by atoms with van der Waals surface area (Å²) >= 11 is 1.42. The van der Waals surface area contributed by atoms with Crippen LogP contribution in [0.1, 0.15) is 21.7 Å². The Bertz CT molecular complexity index is 1150. The molecule has 0 saturated carbocycles. The van der Waals surface area contributed by atoms with Crippen LogP contribution in [0.3, 0.4) is 0 Å². The highest BCUT2D eigenvalue weighted by molar-refractivity contribution is 7.13. The summed E-state index contributed by atoms with van der Waals surface area (Å²) in [5.74, 6) is -0.709. The summed E-state index contributed by atoms with van der Waals surface area (Å²) in [5, 5.41) is 3.38. The van der Waals surface area contributed by atoms with E-state index in [-0.39, 0.29) is 18.8 Å². The van der Waals surface area contributed by atoms with E-state index in [4.69, 9.17) is 4.74 Å². The first-order chi connectivity index (χ1) is 13.6. The highest BCUT2D eigenvalue weighted by Crippen LogP contribution is 2.23. The van der Waals surface area contributed by atoms with Gasteiger partial charge in [0.2, 0.25) is 5.78 Å². The van der Waals surface area contributed by atoms with Gasteiger partial charge in [-0.2, -0.15) is 0 Å². The Labute approximate surface area is 165 Å². The van der Waals surface area contributed by atoms with Crippen LogP contribution in [0.4, 0.5) is 0 Å². The molecule has 0 aliphatic carbocycles. The minimum Gasteiger partial charge on any atom is -0.457 e. The second kappa shape index (κ2) is 7.74. The van der Waals surface area contributed by atoms with Crippen LogP contribution < -0.4 is 0 Å². The number of thiazole rings is 1. The van der Waals surface area contributed by atoms with Crippen LogP contribution in [0, 0.1) is 6.92 Å². The quantitative estimate of drug-likeness (QED) is 0.397. The summed E-state index contributed by atoms with van der Waals surface area (Å²) in [6.07, 6.45) is 1.71. The van der Waals surface area contributed by atoms with Crippen LogP contribution in [-0.4, -0.2) is 33.3 Å². The zero-order chi connectivity index (χ0) is 19.5. The molecule has 3 heterocycles. The fraction of sp³-hybridized carbons (Fsp3) is 0.143. The van der Waals surface area contributed by atoms with Crippen molar-refractivity contribution in [3.63, 3.8) is 0 Å². The fourth-order valence-corrected chi connectivity index (χ4v) is 3.84. The molecule has 0 unspecified atom stereocenters. The van der Waals surface area contributed by atoms with Crippen LogP contribution in [0.15, 0.2) is 54.0 Å². The number of rotatable bonds is 6. The predicted octanol–water partition coefficient (Wildman–Crippen LogP) is 3.96. The molecule has 0 aliphatic heterocycles. The standard InChI is InChI=1S/C21H17N3O3S/c1-13-20(15-6-2-3-7-16(15)23-13)18(25)11-27-19(26)10-14-12-28-21(24-14)17-8-4-5-9-22-17/h2-9,12,23H,10-11H2,1H3. The van der Waals surface area contributed by atoms with Gasteiger partial charge in [-0.15, -0.1) is 11.3 Å². The van der Waals surface area contributed by atoms with Crippen LogP contribution >= 0.6 is 11.3 Å². The molecule has 0 atom stereocenters. The first kappa shape index (κ1) is 18.1. The molecule has 4 aromatic rings. The number of carbonyl (C=O) groups is 2. The minimum atomic E-state index is -0.483. The van der Waals surface area contributed by atoms with Crippen LogP contribution in [0.2, 0.25) is 0 Å². The van der Waals surface area contributed by atoms with Crippen molar-refractivity contribution in [2.45, 2.75) is 13.3 Å². The second-order valence-electron chi connectivity index (χ2n) is 6.29. The van der Waals surface area contributed by atoms with E-state index in [1.54, 1.807) is 11.6 Å². The van der Waals surface area contributed by atoms with E-state index in [0.717, 1.165) is 27.3 Å². The van der Waals surface area contributed by atoms with Crippen LogP contribution in [0.25, 0.3) is 21.6 Å². The Morgan fingerprint density at radius 3 is 2.79 bits per heavy atom. The number of nitrogens with one attached hydrogen (secondary N) is 1. The maximum Gasteiger partial charge on any atom is 0.312 e. The predicted molar refractivity (Wildman–Crippen MR) is 107 cm³/mol. The van der Waals surface area contributed by atoms with Crippen molar-refractivity contribution in [1.29, 1.82) is 0 Å². The number of ether oxygens (including phenoxy) is 1. The number of carbonyl (C=O) groups excluding carboxylic acids is 2. The van der Waals surface area contributed by atoms with Gasteiger partial charge < -0.3 is 9.72 Å². The summed E-state index contributed by atoms with van der Waals surface area (Å²) in [5.41, 5.74) is 3.58. The Kier molecular flexibility index (Phi) is 4.99. The molecule has 0 amide bonds. The number of hydrogen-bond acceptors (Lipinski definition) is 6. The number of aromatic nitrogens is 3. The van der Waals surface area contributed by atoms with E-state index >= 15 is 0 Å². The zero-order valence-electron chi connectivity index (χ0n) is 15.1. The molecule has 4 rings (SSSR count). The Morgan fingerprint density at radius 1 is 1.14 bits per heavy atom. The molecular formula is C21H17N3O3S. The third kappa shape index (κ3) is 3.70. The second-order valence-corrected chi connectivity index (χ2v) is 7.15. The molecule has 140 valence electrons. The number of aryl methyl sites for hydroxylation is 1. The van der Waals surface area contributed by atoms with E-state index in [1.165, 1.54) is 11.3 Å². The lowest BCUT2D eigenvalue weighted by atomic mass is 10.1. The zero-order valence-corrected chi connectivity index (χ0v) is 16.0. The third-order valence-corrected chi connectivity index (χ3v) is 5.21. The lowest BCUT2D eigenvalue weighted by molar-refractivity contribution is -0.141. The van der Waals surface area contributed by atoms with E-state index < -0.39 is 5.97 Å². The lowest BCUT2D eigenvalue weighted by Gasteiger charge is -2.04. The SMILES string of the molecule is Cc1[nH]c2ccccc2c1C(=O)COC(=O)Cc1csc(-c2ccccn2)n1. The van der Waals surface area contributed by atoms with Crippen molar-refractivity contribution < 1.29 is 14.3 Å². The summed E-state index contributed by atoms with van der Waals surface area (Å²) in [6, 6.07) is 13.1. The fourth-order valence-electron chi connectivity index (χ4n) is 3.05. The number of nitrogens with zero attached hydrogens (tertiary/aromatic N) is 2. The van der Waals surface area contributed by atoms with Gasteiger partial charge in [-0.05, 0) is 25.1 Å². The molecule has 0 fully saturated rings. The van der Waals surface area contributed by atoms with E-state index in [0.29, 0.717) is 11.3 Å². The summed E-state index contributed by atoms with van der Waals surface area (Å²) < 4.78 is 5.20. The van der Waals surface area contributed by atoms with E-state index in [9.17, 15) is 9.59 Å². The van der Waals surface area contributed by atoms with Gasteiger partial charge in [0.1, 0.15) is 5.01 Å². The van der Waals surface area contributed by atoms with Crippen molar-refractivity contribution >= 4 is 34.0 Å². The van der Waals surface area contributed by atoms with Gasteiger partial charge in [0.25, 0.3) is 0 Å². The third-order valence-electron chi connectivity index (χ3n) is 4.30. The van der Waals surface area contributed by atoms with Gasteiger partial charge >= 0.3 is 5.97 Å². The molecule has 0 bridgehead atoms. The number of Topliss-reactive ketones (excluding diaryl/α,β-unsaturated/α-hetero) is 1.